The van der Waals surface area contributed by atoms with E-state index < -0.39 is 0 Å². The van der Waals surface area contributed by atoms with Crippen LogP contribution in [-0.4, -0.2) is 24.0 Å². The van der Waals surface area contributed by atoms with Gasteiger partial charge >= 0.3 is 0 Å². The lowest BCUT2D eigenvalue weighted by atomic mass is 10.1. The lowest BCUT2D eigenvalue weighted by Gasteiger charge is -2.05. The molecule has 23 heavy (non-hydrogen) atoms. The first-order valence-corrected chi connectivity index (χ1v) is 8.59. The van der Waals surface area contributed by atoms with Crippen LogP contribution < -0.4 is 5.32 Å². The van der Waals surface area contributed by atoms with Gasteiger partial charge in [0.1, 0.15) is 0 Å². The highest BCUT2D eigenvalue weighted by molar-refractivity contribution is 8.00. The second kappa shape index (κ2) is 8.53. The van der Waals surface area contributed by atoms with Gasteiger partial charge in [-0.1, -0.05) is 42.0 Å². The van der Waals surface area contributed by atoms with E-state index in [1.54, 1.807) is 11.8 Å². The van der Waals surface area contributed by atoms with Gasteiger partial charge in [-0.15, -0.1) is 11.8 Å². The zero-order chi connectivity index (χ0) is 16.7. The first kappa shape index (κ1) is 17.3. The van der Waals surface area contributed by atoms with E-state index in [-0.39, 0.29) is 11.7 Å². The Morgan fingerprint density at radius 2 is 1.65 bits per heavy atom. The quantitative estimate of drug-likeness (QED) is 0.624. The van der Waals surface area contributed by atoms with Gasteiger partial charge in [-0.25, -0.2) is 0 Å². The van der Waals surface area contributed by atoms with E-state index in [0.29, 0.717) is 12.3 Å². The van der Waals surface area contributed by atoms with Crippen LogP contribution in [0, 0.1) is 6.92 Å². The maximum atomic E-state index is 12.2. The summed E-state index contributed by atoms with van der Waals surface area (Å²) >= 11 is 1.56. The van der Waals surface area contributed by atoms with Crippen molar-refractivity contribution in [1.82, 2.24) is 5.32 Å². The molecular formula is C19H21NO2S. The van der Waals surface area contributed by atoms with E-state index in [1.165, 1.54) is 12.5 Å². The van der Waals surface area contributed by atoms with Gasteiger partial charge in [-0.2, -0.15) is 0 Å². The second-order valence-electron chi connectivity index (χ2n) is 5.45. The van der Waals surface area contributed by atoms with Crippen LogP contribution in [0.15, 0.2) is 53.4 Å². The number of rotatable bonds is 7. The fourth-order valence-electron chi connectivity index (χ4n) is 2.11. The molecule has 0 radical (unpaired) electrons. The fourth-order valence-corrected chi connectivity index (χ4v) is 2.90. The second-order valence-corrected chi connectivity index (χ2v) is 6.50. The molecule has 4 heteroatoms. The summed E-state index contributed by atoms with van der Waals surface area (Å²) in [5.41, 5.74) is 3.06. The number of carbonyl (C=O) groups excluding carboxylic acids is 2. The van der Waals surface area contributed by atoms with Crippen molar-refractivity contribution in [3.63, 3.8) is 0 Å². The predicted molar refractivity (Wildman–Crippen MR) is 95.1 cm³/mol. The number of hydrogen-bond donors (Lipinski definition) is 1. The maximum Gasteiger partial charge on any atom is 0.216 e. The van der Waals surface area contributed by atoms with Crippen molar-refractivity contribution in [3.8, 4) is 0 Å². The van der Waals surface area contributed by atoms with E-state index in [4.69, 9.17) is 0 Å². The molecule has 0 saturated heterocycles. The third-order valence-electron chi connectivity index (χ3n) is 3.45. The van der Waals surface area contributed by atoms with Crippen molar-refractivity contribution in [1.29, 1.82) is 0 Å². The van der Waals surface area contributed by atoms with Crippen LogP contribution in [0.25, 0.3) is 0 Å². The zero-order valence-corrected chi connectivity index (χ0v) is 14.3. The summed E-state index contributed by atoms with van der Waals surface area (Å²) in [6.45, 7) is 4.17. The van der Waals surface area contributed by atoms with Crippen LogP contribution in [0.5, 0.6) is 0 Å². The van der Waals surface area contributed by atoms with Crippen LogP contribution in [0.4, 0.5) is 0 Å². The smallest absolute Gasteiger partial charge is 0.216 e. The molecule has 0 bridgehead atoms. The highest BCUT2D eigenvalue weighted by Gasteiger charge is 2.07. The third-order valence-corrected chi connectivity index (χ3v) is 4.47. The number of ketones is 1. The lowest BCUT2D eigenvalue weighted by molar-refractivity contribution is -0.118. The van der Waals surface area contributed by atoms with Gasteiger partial charge < -0.3 is 5.32 Å². The molecule has 2 rings (SSSR count). The standard InChI is InChI=1S/C19H21NO2S/c1-14-3-9-18(10-4-14)23-13-19(22)17-7-5-16(6-8-17)11-12-20-15(2)21/h3-10H,11-13H2,1-2H3,(H,20,21). The Balaban J connectivity index is 1.84. The van der Waals surface area contributed by atoms with Gasteiger partial charge in [0, 0.05) is 23.9 Å². The molecule has 0 aliphatic heterocycles. The topological polar surface area (TPSA) is 46.2 Å². The Kier molecular flexibility index (Phi) is 6.41. The van der Waals surface area contributed by atoms with Crippen LogP contribution in [0.1, 0.15) is 28.4 Å². The minimum atomic E-state index is -0.0232. The highest BCUT2D eigenvalue weighted by Crippen LogP contribution is 2.19. The monoisotopic (exact) mass is 327 g/mol. The molecule has 0 aliphatic carbocycles. The number of carbonyl (C=O) groups is 2. The fraction of sp³-hybridized carbons (Fsp3) is 0.263. The van der Waals surface area contributed by atoms with Crippen LogP contribution in [0.3, 0.4) is 0 Å². The number of aryl methyl sites for hydroxylation is 1. The van der Waals surface area contributed by atoms with Gasteiger partial charge in [0.05, 0.1) is 5.75 Å². The zero-order valence-electron chi connectivity index (χ0n) is 13.5. The third kappa shape index (κ3) is 5.91. The van der Waals surface area contributed by atoms with Crippen molar-refractivity contribution >= 4 is 23.5 Å². The van der Waals surface area contributed by atoms with Crippen molar-refractivity contribution < 1.29 is 9.59 Å². The lowest BCUT2D eigenvalue weighted by Crippen LogP contribution is -2.22. The molecule has 2 aromatic rings. The summed E-state index contributed by atoms with van der Waals surface area (Å²) in [6, 6.07) is 15.8. The molecule has 0 spiro atoms. The molecule has 2 aromatic carbocycles. The summed E-state index contributed by atoms with van der Waals surface area (Å²) in [4.78, 5) is 24.2. The number of hydrogen-bond acceptors (Lipinski definition) is 3. The van der Waals surface area contributed by atoms with E-state index in [1.807, 2.05) is 43.3 Å². The van der Waals surface area contributed by atoms with Gasteiger partial charge in [0.2, 0.25) is 5.91 Å². The summed E-state index contributed by atoms with van der Waals surface area (Å²) in [5, 5.41) is 2.76. The van der Waals surface area contributed by atoms with Crippen LogP contribution in [-0.2, 0) is 11.2 Å². The van der Waals surface area contributed by atoms with Gasteiger partial charge in [0.25, 0.3) is 0 Å². The Labute approximate surface area is 141 Å². The normalized spacial score (nSPS) is 10.3. The molecule has 0 fully saturated rings. The number of amides is 1. The number of thioether (sulfide) groups is 1. The van der Waals surface area contributed by atoms with E-state index in [0.717, 1.165) is 22.4 Å². The molecular weight excluding hydrogens is 306 g/mol. The first-order valence-electron chi connectivity index (χ1n) is 7.60. The number of nitrogens with one attached hydrogen (secondary N) is 1. The van der Waals surface area contributed by atoms with Crippen molar-refractivity contribution in [3.05, 3.63) is 65.2 Å². The number of Topliss-reactive ketones (excluding diaryl/α,β-unsaturated/α-hetero) is 1. The molecule has 1 N–H and O–H groups in total. The average molecular weight is 327 g/mol. The van der Waals surface area contributed by atoms with E-state index in [2.05, 4.69) is 17.4 Å². The SMILES string of the molecule is CC(=O)NCCc1ccc(C(=O)CSc2ccc(C)cc2)cc1. The molecule has 0 aromatic heterocycles. The Morgan fingerprint density at radius 3 is 2.26 bits per heavy atom. The Morgan fingerprint density at radius 1 is 1.00 bits per heavy atom. The summed E-state index contributed by atoms with van der Waals surface area (Å²) in [5.74, 6) is 0.544. The molecule has 1 amide bonds. The van der Waals surface area contributed by atoms with E-state index >= 15 is 0 Å². The minimum absolute atomic E-state index is 0.0232. The predicted octanol–water partition coefficient (Wildman–Crippen LogP) is 3.65. The molecule has 3 nitrogen and oxygen atoms in total. The van der Waals surface area contributed by atoms with Crippen LogP contribution in [0.2, 0.25) is 0 Å². The summed E-state index contributed by atoms with van der Waals surface area (Å²) < 4.78 is 0. The molecule has 0 heterocycles. The summed E-state index contributed by atoms with van der Waals surface area (Å²) in [7, 11) is 0. The number of benzene rings is 2. The van der Waals surface area contributed by atoms with Crippen molar-refractivity contribution in [2.45, 2.75) is 25.2 Å². The largest absolute Gasteiger partial charge is 0.356 e. The highest BCUT2D eigenvalue weighted by atomic mass is 32.2. The van der Waals surface area contributed by atoms with Gasteiger partial charge in [-0.05, 0) is 31.0 Å². The molecule has 0 aliphatic rings. The molecule has 0 atom stereocenters. The average Bonchev–Trinajstić information content (AvgIpc) is 2.54. The maximum absolute atomic E-state index is 12.2. The van der Waals surface area contributed by atoms with Crippen LogP contribution >= 0.6 is 11.8 Å². The molecule has 0 saturated carbocycles. The Bertz CT molecular complexity index is 663. The van der Waals surface area contributed by atoms with Crippen molar-refractivity contribution in [2.75, 3.05) is 12.3 Å². The van der Waals surface area contributed by atoms with Gasteiger partial charge in [0.15, 0.2) is 5.78 Å². The minimum Gasteiger partial charge on any atom is -0.356 e. The van der Waals surface area contributed by atoms with Crippen molar-refractivity contribution in [2.24, 2.45) is 0 Å². The molecule has 0 unspecified atom stereocenters. The first-order chi connectivity index (χ1) is 11.0. The van der Waals surface area contributed by atoms with E-state index in [9.17, 15) is 9.59 Å². The molecule has 120 valence electrons. The summed E-state index contributed by atoms with van der Waals surface area (Å²) in [6.07, 6.45) is 0.770. The van der Waals surface area contributed by atoms with Gasteiger partial charge in [-0.3, -0.25) is 9.59 Å². The Hall–Kier alpha value is -2.07.